The van der Waals surface area contributed by atoms with Crippen LogP contribution in [0.4, 0.5) is 21.8 Å². The van der Waals surface area contributed by atoms with Crippen molar-refractivity contribution in [1.82, 2.24) is 9.97 Å². The van der Waals surface area contributed by atoms with Gasteiger partial charge in [-0.3, -0.25) is 0 Å². The second-order valence-electron chi connectivity index (χ2n) is 5.28. The van der Waals surface area contributed by atoms with E-state index in [1.165, 1.54) is 6.07 Å². The van der Waals surface area contributed by atoms with Crippen molar-refractivity contribution in [3.8, 4) is 0 Å². The van der Waals surface area contributed by atoms with E-state index < -0.39 is 0 Å². The summed E-state index contributed by atoms with van der Waals surface area (Å²) in [7, 11) is 0. The largest absolute Gasteiger partial charge is 0.356 e. The topological polar surface area (TPSA) is 41.1 Å². The van der Waals surface area contributed by atoms with Gasteiger partial charge in [0.25, 0.3) is 0 Å². The van der Waals surface area contributed by atoms with Crippen LogP contribution < -0.4 is 10.2 Å². The molecular weight excluding hydrogens is 279 g/mol. The lowest BCUT2D eigenvalue weighted by molar-refractivity contribution is 0.631. The van der Waals surface area contributed by atoms with Crippen LogP contribution in [-0.2, 0) is 0 Å². The third-order valence-corrected chi connectivity index (χ3v) is 3.27. The molecule has 0 spiro atoms. The number of halogens is 1. The van der Waals surface area contributed by atoms with Gasteiger partial charge in [0.1, 0.15) is 11.6 Å². The average molecular weight is 302 g/mol. The normalized spacial score (nSPS) is 10.5. The Balaban J connectivity index is 2.27. The molecule has 0 aliphatic rings. The molecule has 0 aliphatic heterocycles. The van der Waals surface area contributed by atoms with Crippen LogP contribution in [0, 0.1) is 12.7 Å². The smallest absolute Gasteiger partial charge is 0.229 e. The maximum absolute atomic E-state index is 13.7. The number of para-hydroxylation sites is 1. The molecule has 5 heteroatoms. The number of nitrogens with one attached hydrogen (secondary N) is 1. The van der Waals surface area contributed by atoms with E-state index in [1.54, 1.807) is 18.2 Å². The third kappa shape index (κ3) is 4.16. The molecule has 0 atom stereocenters. The van der Waals surface area contributed by atoms with Crippen molar-refractivity contribution in [2.24, 2.45) is 0 Å². The van der Waals surface area contributed by atoms with E-state index >= 15 is 0 Å². The van der Waals surface area contributed by atoms with E-state index in [0.29, 0.717) is 11.6 Å². The number of aryl methyl sites for hydroxylation is 1. The van der Waals surface area contributed by atoms with E-state index in [2.05, 4.69) is 34.0 Å². The Hall–Kier alpha value is -2.17. The van der Waals surface area contributed by atoms with Crippen LogP contribution in [0.3, 0.4) is 0 Å². The molecule has 1 heterocycles. The number of hydrogen-bond donors (Lipinski definition) is 1. The quantitative estimate of drug-likeness (QED) is 0.828. The minimum atomic E-state index is -0.312. The first-order valence-corrected chi connectivity index (χ1v) is 7.76. The van der Waals surface area contributed by atoms with E-state index in [-0.39, 0.29) is 5.82 Å². The first-order valence-electron chi connectivity index (χ1n) is 7.76. The molecule has 1 aromatic carbocycles. The van der Waals surface area contributed by atoms with Gasteiger partial charge < -0.3 is 10.2 Å². The molecule has 22 heavy (non-hydrogen) atoms. The summed E-state index contributed by atoms with van der Waals surface area (Å²) < 4.78 is 13.7. The van der Waals surface area contributed by atoms with Crippen molar-refractivity contribution in [2.45, 2.75) is 33.6 Å². The van der Waals surface area contributed by atoms with Gasteiger partial charge in [-0.15, -0.1) is 0 Å². The number of anilines is 3. The van der Waals surface area contributed by atoms with Crippen LogP contribution in [0.2, 0.25) is 0 Å². The zero-order chi connectivity index (χ0) is 15.9. The van der Waals surface area contributed by atoms with Gasteiger partial charge in [-0.05, 0) is 31.9 Å². The van der Waals surface area contributed by atoms with Gasteiger partial charge in [-0.25, -0.2) is 9.37 Å². The highest BCUT2D eigenvalue weighted by Crippen LogP contribution is 2.20. The van der Waals surface area contributed by atoms with Crippen molar-refractivity contribution in [1.29, 1.82) is 0 Å². The average Bonchev–Trinajstić information content (AvgIpc) is 2.49. The van der Waals surface area contributed by atoms with Crippen LogP contribution in [0.5, 0.6) is 0 Å². The van der Waals surface area contributed by atoms with Crippen LogP contribution in [-0.4, -0.2) is 23.1 Å². The molecule has 0 radical (unpaired) electrons. The maximum atomic E-state index is 13.7. The highest BCUT2D eigenvalue weighted by Gasteiger charge is 2.10. The molecule has 118 valence electrons. The lowest BCUT2D eigenvalue weighted by atomic mass is 10.3. The number of rotatable bonds is 7. The SMILES string of the molecule is CCCN(CCC)c1cc(C)nc(Nc2ccccc2F)n1. The zero-order valence-electron chi connectivity index (χ0n) is 13.4. The Morgan fingerprint density at radius 2 is 1.77 bits per heavy atom. The van der Waals surface area contributed by atoms with Crippen LogP contribution in [0.1, 0.15) is 32.4 Å². The summed E-state index contributed by atoms with van der Waals surface area (Å²) in [5.74, 6) is 1.00. The molecule has 1 N–H and O–H groups in total. The molecule has 0 aliphatic carbocycles. The van der Waals surface area contributed by atoms with Crippen molar-refractivity contribution in [2.75, 3.05) is 23.3 Å². The Morgan fingerprint density at radius 3 is 2.41 bits per heavy atom. The van der Waals surface area contributed by atoms with Crippen LogP contribution in [0.15, 0.2) is 30.3 Å². The Morgan fingerprint density at radius 1 is 1.09 bits per heavy atom. The third-order valence-electron chi connectivity index (χ3n) is 3.27. The molecule has 0 bridgehead atoms. The van der Waals surface area contributed by atoms with Gasteiger partial charge in [0.05, 0.1) is 5.69 Å². The highest BCUT2D eigenvalue weighted by atomic mass is 19.1. The van der Waals surface area contributed by atoms with Gasteiger partial charge in [0.2, 0.25) is 5.95 Å². The van der Waals surface area contributed by atoms with Crippen molar-refractivity contribution >= 4 is 17.5 Å². The summed E-state index contributed by atoms with van der Waals surface area (Å²) >= 11 is 0. The number of aromatic nitrogens is 2. The summed E-state index contributed by atoms with van der Waals surface area (Å²) in [6, 6.07) is 8.50. The zero-order valence-corrected chi connectivity index (χ0v) is 13.4. The summed E-state index contributed by atoms with van der Waals surface area (Å²) in [6.07, 6.45) is 2.11. The highest BCUT2D eigenvalue weighted by molar-refractivity contribution is 5.56. The Bertz CT molecular complexity index is 609. The minimum absolute atomic E-state index is 0.312. The maximum Gasteiger partial charge on any atom is 0.229 e. The molecule has 1 aromatic heterocycles. The fraction of sp³-hybridized carbons (Fsp3) is 0.412. The second kappa shape index (κ2) is 7.73. The summed E-state index contributed by atoms with van der Waals surface area (Å²) in [4.78, 5) is 11.1. The molecule has 2 rings (SSSR count). The number of hydrogen-bond acceptors (Lipinski definition) is 4. The molecular formula is C17H23FN4. The van der Waals surface area contributed by atoms with Gasteiger partial charge in [-0.2, -0.15) is 4.98 Å². The van der Waals surface area contributed by atoms with Crippen LogP contribution >= 0.6 is 0 Å². The molecule has 4 nitrogen and oxygen atoms in total. The molecule has 0 saturated carbocycles. The van der Waals surface area contributed by atoms with Gasteiger partial charge in [0.15, 0.2) is 0 Å². The minimum Gasteiger partial charge on any atom is -0.356 e. The standard InChI is InChI=1S/C17H23FN4/c1-4-10-22(11-5-2)16-12-13(3)19-17(21-16)20-15-9-7-6-8-14(15)18/h6-9,12H,4-5,10-11H2,1-3H3,(H,19,20,21). The number of nitrogens with zero attached hydrogens (tertiary/aromatic N) is 3. The Labute approximate surface area is 131 Å². The van der Waals surface area contributed by atoms with Gasteiger partial charge in [-0.1, -0.05) is 26.0 Å². The fourth-order valence-corrected chi connectivity index (χ4v) is 2.33. The lowest BCUT2D eigenvalue weighted by Crippen LogP contribution is -2.26. The summed E-state index contributed by atoms with van der Waals surface area (Å²) in [6.45, 7) is 8.12. The Kier molecular flexibility index (Phi) is 5.69. The van der Waals surface area contributed by atoms with Gasteiger partial charge >= 0.3 is 0 Å². The van der Waals surface area contributed by atoms with E-state index in [9.17, 15) is 4.39 Å². The summed E-state index contributed by atoms with van der Waals surface area (Å²) in [5.41, 5.74) is 1.25. The van der Waals surface area contributed by atoms with Crippen molar-refractivity contribution in [3.63, 3.8) is 0 Å². The first-order chi connectivity index (χ1) is 10.6. The summed E-state index contributed by atoms with van der Waals surface area (Å²) in [5, 5.41) is 2.97. The van der Waals surface area contributed by atoms with E-state index in [0.717, 1.165) is 37.4 Å². The van der Waals surface area contributed by atoms with Crippen LogP contribution in [0.25, 0.3) is 0 Å². The predicted octanol–water partition coefficient (Wildman–Crippen LogP) is 4.29. The molecule has 0 amide bonds. The van der Waals surface area contributed by atoms with Gasteiger partial charge in [0, 0.05) is 24.8 Å². The molecule has 0 unspecified atom stereocenters. The monoisotopic (exact) mass is 302 g/mol. The molecule has 2 aromatic rings. The number of benzene rings is 1. The fourth-order valence-electron chi connectivity index (χ4n) is 2.33. The van der Waals surface area contributed by atoms with Crippen molar-refractivity contribution in [3.05, 3.63) is 41.8 Å². The molecule has 0 saturated heterocycles. The molecule has 0 fully saturated rings. The second-order valence-corrected chi connectivity index (χ2v) is 5.28. The van der Waals surface area contributed by atoms with E-state index in [4.69, 9.17) is 0 Å². The lowest BCUT2D eigenvalue weighted by Gasteiger charge is -2.23. The first kappa shape index (κ1) is 16.2. The van der Waals surface area contributed by atoms with E-state index in [1.807, 2.05) is 13.0 Å². The van der Waals surface area contributed by atoms with Crippen molar-refractivity contribution < 1.29 is 4.39 Å². The predicted molar refractivity (Wildman–Crippen MR) is 89.2 cm³/mol.